The summed E-state index contributed by atoms with van der Waals surface area (Å²) in [6.07, 6.45) is 3.30. The van der Waals surface area contributed by atoms with Crippen LogP contribution in [0.2, 0.25) is 0 Å². The van der Waals surface area contributed by atoms with Gasteiger partial charge in [-0.1, -0.05) is 6.92 Å². The molecule has 1 aliphatic rings. The fourth-order valence-corrected chi connectivity index (χ4v) is 4.49. The summed E-state index contributed by atoms with van der Waals surface area (Å²) < 4.78 is 1.55. The van der Waals surface area contributed by atoms with Crippen LogP contribution in [-0.2, 0) is 6.54 Å². The monoisotopic (exact) mass is 413 g/mol. The van der Waals surface area contributed by atoms with E-state index in [1.165, 1.54) is 24.2 Å². The van der Waals surface area contributed by atoms with Gasteiger partial charge < -0.3 is 15.3 Å². The average Bonchev–Trinajstić information content (AvgIpc) is 3.10. The Hall–Kier alpha value is -1.57. The van der Waals surface area contributed by atoms with Crippen molar-refractivity contribution in [1.82, 2.24) is 14.8 Å². The Morgan fingerprint density at radius 2 is 2.07 bits per heavy atom. The Morgan fingerprint density at radius 1 is 1.37 bits per heavy atom. The van der Waals surface area contributed by atoms with Crippen LogP contribution in [0.25, 0.3) is 10.2 Å². The van der Waals surface area contributed by atoms with Crippen molar-refractivity contribution in [2.75, 3.05) is 26.2 Å². The predicted octanol–water partition coefficient (Wildman–Crippen LogP) is 3.06. The lowest BCUT2D eigenvalue weighted by molar-refractivity contribution is 0.0946. The van der Waals surface area contributed by atoms with Gasteiger partial charge in [-0.05, 0) is 63.2 Å². The van der Waals surface area contributed by atoms with E-state index in [9.17, 15) is 14.7 Å². The number of aromatic nitrogens is 1. The van der Waals surface area contributed by atoms with Crippen LogP contribution in [0.3, 0.4) is 0 Å². The van der Waals surface area contributed by atoms with Crippen LogP contribution in [0.1, 0.15) is 43.5 Å². The Balaban J connectivity index is 0.00000261. The Bertz CT molecular complexity index is 841. The second-order valence-electron chi connectivity index (χ2n) is 7.05. The number of nitrogens with zero attached hydrogens (tertiary/aromatic N) is 2. The molecule has 3 heterocycles. The quantitative estimate of drug-likeness (QED) is 0.714. The summed E-state index contributed by atoms with van der Waals surface area (Å²) in [6, 6.07) is 1.75. The molecule has 1 saturated heterocycles. The molecule has 1 amide bonds. The summed E-state index contributed by atoms with van der Waals surface area (Å²) in [5.74, 6) is 0.107. The van der Waals surface area contributed by atoms with Crippen LogP contribution in [0, 0.1) is 5.92 Å². The molecule has 0 aliphatic carbocycles. The van der Waals surface area contributed by atoms with Crippen molar-refractivity contribution in [1.29, 1.82) is 0 Å². The van der Waals surface area contributed by atoms with E-state index in [-0.39, 0.29) is 23.7 Å². The molecule has 0 radical (unpaired) electrons. The molecule has 0 bridgehead atoms. The average molecular weight is 414 g/mol. The molecule has 1 aliphatic heterocycles. The minimum atomic E-state index is -0.491. The molecule has 8 heteroatoms. The second-order valence-corrected chi connectivity index (χ2v) is 7.94. The Morgan fingerprint density at radius 3 is 2.74 bits per heavy atom. The Kier molecular flexibility index (Phi) is 7.70. The van der Waals surface area contributed by atoms with Gasteiger partial charge >= 0.3 is 0 Å². The van der Waals surface area contributed by atoms with Gasteiger partial charge in [0.15, 0.2) is 0 Å². The lowest BCUT2D eigenvalue weighted by atomic mass is 9.99. The highest BCUT2D eigenvalue weighted by Gasteiger charge is 2.22. The smallest absolute Gasteiger partial charge is 0.268 e. The van der Waals surface area contributed by atoms with Gasteiger partial charge in [-0.25, -0.2) is 0 Å². The van der Waals surface area contributed by atoms with E-state index in [1.54, 1.807) is 10.6 Å². The third kappa shape index (κ3) is 4.65. The maximum absolute atomic E-state index is 12.6. The fourth-order valence-electron chi connectivity index (χ4n) is 3.52. The predicted molar refractivity (Wildman–Crippen MR) is 112 cm³/mol. The van der Waals surface area contributed by atoms with Gasteiger partial charge in [-0.3, -0.25) is 14.2 Å². The number of amides is 1. The Labute approximate surface area is 169 Å². The van der Waals surface area contributed by atoms with E-state index in [0.717, 1.165) is 32.0 Å². The first-order valence-electron chi connectivity index (χ1n) is 9.36. The standard InChI is InChI=1S/C19H27N3O3S.ClH/c1-3-22-18(25)15(16(23)14-7-12-26-19(14)22)17(24)20-8-4-9-21-10-5-13(2)6-11-21;/h7,12-13,23H,3-6,8-11H2,1-2H3,(H,20,24);1H. The van der Waals surface area contributed by atoms with Gasteiger partial charge in [0.05, 0.1) is 5.39 Å². The van der Waals surface area contributed by atoms with Gasteiger partial charge in [-0.2, -0.15) is 0 Å². The van der Waals surface area contributed by atoms with Crippen molar-refractivity contribution in [3.63, 3.8) is 0 Å². The number of nitrogens with one attached hydrogen (secondary N) is 1. The number of carbonyl (C=O) groups is 1. The number of fused-ring (bicyclic) bond motifs is 1. The highest BCUT2D eigenvalue weighted by Crippen LogP contribution is 2.30. The van der Waals surface area contributed by atoms with Crippen LogP contribution in [0.4, 0.5) is 0 Å². The topological polar surface area (TPSA) is 74.6 Å². The fraction of sp³-hybridized carbons (Fsp3) is 0.579. The largest absolute Gasteiger partial charge is 0.506 e. The van der Waals surface area contributed by atoms with Crippen LogP contribution < -0.4 is 10.9 Å². The molecule has 1 fully saturated rings. The number of carbonyl (C=O) groups excluding carboxylic acids is 1. The number of hydrogen-bond donors (Lipinski definition) is 2. The van der Waals surface area contributed by atoms with Crippen LogP contribution in [0.5, 0.6) is 5.75 Å². The molecule has 2 aromatic heterocycles. The molecule has 2 N–H and O–H groups in total. The number of piperidine rings is 1. The van der Waals surface area contributed by atoms with E-state index in [2.05, 4.69) is 17.1 Å². The molecule has 0 atom stereocenters. The molecule has 0 saturated carbocycles. The molecule has 150 valence electrons. The lowest BCUT2D eigenvalue weighted by Crippen LogP contribution is -2.37. The van der Waals surface area contributed by atoms with Crippen molar-refractivity contribution in [3.8, 4) is 5.75 Å². The molecule has 0 unspecified atom stereocenters. The van der Waals surface area contributed by atoms with Gasteiger partial charge in [0, 0.05) is 13.1 Å². The second kappa shape index (κ2) is 9.57. The van der Waals surface area contributed by atoms with E-state index < -0.39 is 11.5 Å². The summed E-state index contributed by atoms with van der Waals surface area (Å²) in [6.45, 7) is 8.29. The van der Waals surface area contributed by atoms with E-state index in [1.807, 2.05) is 12.3 Å². The molecule has 0 aromatic carbocycles. The number of hydrogen-bond acceptors (Lipinski definition) is 5. The highest BCUT2D eigenvalue weighted by molar-refractivity contribution is 7.16. The summed E-state index contributed by atoms with van der Waals surface area (Å²) in [7, 11) is 0. The summed E-state index contributed by atoms with van der Waals surface area (Å²) in [4.78, 5) is 28.3. The molecule has 27 heavy (non-hydrogen) atoms. The maximum Gasteiger partial charge on any atom is 0.268 e. The molecule has 0 spiro atoms. The molecule has 3 rings (SSSR count). The minimum Gasteiger partial charge on any atom is -0.506 e. The summed E-state index contributed by atoms with van der Waals surface area (Å²) in [5, 5.41) is 15.6. The number of aryl methyl sites for hydroxylation is 1. The van der Waals surface area contributed by atoms with Gasteiger partial charge in [0.2, 0.25) is 0 Å². The summed E-state index contributed by atoms with van der Waals surface area (Å²) in [5.41, 5.74) is -0.577. The van der Waals surface area contributed by atoms with E-state index in [0.29, 0.717) is 23.3 Å². The zero-order chi connectivity index (χ0) is 18.7. The lowest BCUT2D eigenvalue weighted by Gasteiger charge is -2.30. The number of pyridine rings is 1. The van der Waals surface area contributed by atoms with Gasteiger partial charge in [-0.15, -0.1) is 23.7 Å². The van der Waals surface area contributed by atoms with Crippen LogP contribution >= 0.6 is 23.7 Å². The van der Waals surface area contributed by atoms with Crippen LogP contribution in [-0.4, -0.2) is 46.7 Å². The number of thiophene rings is 1. The van der Waals surface area contributed by atoms with Gasteiger partial charge in [0.25, 0.3) is 11.5 Å². The highest BCUT2D eigenvalue weighted by atomic mass is 35.5. The number of halogens is 1. The first-order valence-corrected chi connectivity index (χ1v) is 10.2. The van der Waals surface area contributed by atoms with E-state index >= 15 is 0 Å². The SMILES string of the molecule is CCn1c(=O)c(C(=O)NCCCN2CCC(C)CC2)c(O)c2ccsc21.Cl. The first kappa shape index (κ1) is 21.7. The van der Waals surface area contributed by atoms with Crippen molar-refractivity contribution < 1.29 is 9.90 Å². The van der Waals surface area contributed by atoms with Crippen molar-refractivity contribution in [3.05, 3.63) is 27.4 Å². The van der Waals surface area contributed by atoms with E-state index in [4.69, 9.17) is 0 Å². The zero-order valence-electron chi connectivity index (χ0n) is 15.9. The third-order valence-electron chi connectivity index (χ3n) is 5.20. The molecule has 6 nitrogen and oxygen atoms in total. The minimum absolute atomic E-state index is 0. The number of rotatable bonds is 6. The third-order valence-corrected chi connectivity index (χ3v) is 6.13. The van der Waals surface area contributed by atoms with Crippen LogP contribution in [0.15, 0.2) is 16.2 Å². The first-order chi connectivity index (χ1) is 12.5. The molecular formula is C19H28ClN3O3S. The number of likely N-dealkylation sites (tertiary alicyclic amines) is 1. The number of aromatic hydroxyl groups is 1. The van der Waals surface area contributed by atoms with Gasteiger partial charge in [0.1, 0.15) is 16.1 Å². The normalized spacial score (nSPS) is 15.6. The molecular weight excluding hydrogens is 386 g/mol. The van der Waals surface area contributed by atoms with Crippen molar-refractivity contribution in [2.45, 2.75) is 39.7 Å². The molecule has 2 aromatic rings. The zero-order valence-corrected chi connectivity index (χ0v) is 17.5. The maximum atomic E-state index is 12.6. The summed E-state index contributed by atoms with van der Waals surface area (Å²) >= 11 is 1.39. The van der Waals surface area contributed by atoms with Crippen molar-refractivity contribution >= 4 is 39.9 Å². The van der Waals surface area contributed by atoms with Crippen molar-refractivity contribution in [2.24, 2.45) is 5.92 Å².